The van der Waals surface area contributed by atoms with E-state index in [2.05, 4.69) is 4.98 Å². The smallest absolute Gasteiger partial charge is 0.153 e. The minimum atomic E-state index is 0.161. The largest absolute Gasteiger partial charge is 0.298 e. The predicted octanol–water partition coefficient (Wildman–Crippen LogP) is 4.52. The lowest BCUT2D eigenvalue weighted by Gasteiger charge is -2.04. The Morgan fingerprint density at radius 1 is 1.00 bits per heavy atom. The molecule has 0 unspecified atom stereocenters. The topological polar surface area (TPSA) is 30.0 Å². The summed E-state index contributed by atoms with van der Waals surface area (Å²) in [6.07, 6.45) is 0.657. The SMILES string of the molecule is O=Cc1ccc(-c2cc(Cl)cc(Cl)c2)nc1Cl. The molecule has 2 aromatic rings. The van der Waals surface area contributed by atoms with Gasteiger partial charge >= 0.3 is 0 Å². The molecule has 0 bridgehead atoms. The zero-order valence-electron chi connectivity index (χ0n) is 8.45. The molecular formula is C12H6Cl3NO. The molecule has 0 spiro atoms. The third-order valence-corrected chi connectivity index (χ3v) is 2.90. The van der Waals surface area contributed by atoms with Gasteiger partial charge < -0.3 is 0 Å². The Bertz CT molecular complexity index is 564. The van der Waals surface area contributed by atoms with Gasteiger partial charge in [-0.15, -0.1) is 0 Å². The second-order valence-electron chi connectivity index (χ2n) is 3.35. The summed E-state index contributed by atoms with van der Waals surface area (Å²) in [6, 6.07) is 8.39. The van der Waals surface area contributed by atoms with Crippen LogP contribution >= 0.6 is 34.8 Å². The lowest BCUT2D eigenvalue weighted by Crippen LogP contribution is -1.89. The maximum atomic E-state index is 10.6. The lowest BCUT2D eigenvalue weighted by atomic mass is 10.1. The van der Waals surface area contributed by atoms with Crippen molar-refractivity contribution in [3.63, 3.8) is 0 Å². The van der Waals surface area contributed by atoms with Gasteiger partial charge in [-0.05, 0) is 30.3 Å². The summed E-state index contributed by atoms with van der Waals surface area (Å²) in [5, 5.41) is 1.20. The van der Waals surface area contributed by atoms with E-state index in [1.54, 1.807) is 30.3 Å². The number of aldehydes is 1. The maximum Gasteiger partial charge on any atom is 0.153 e. The van der Waals surface area contributed by atoms with Crippen molar-refractivity contribution in [1.82, 2.24) is 4.98 Å². The van der Waals surface area contributed by atoms with Gasteiger partial charge in [-0.2, -0.15) is 0 Å². The fourth-order valence-corrected chi connectivity index (χ4v) is 2.12. The minimum absolute atomic E-state index is 0.161. The number of pyridine rings is 1. The second-order valence-corrected chi connectivity index (χ2v) is 4.58. The van der Waals surface area contributed by atoms with Crippen LogP contribution in [0.5, 0.6) is 0 Å². The van der Waals surface area contributed by atoms with Crippen LogP contribution in [0.2, 0.25) is 15.2 Å². The van der Waals surface area contributed by atoms with Gasteiger partial charge in [0.25, 0.3) is 0 Å². The first kappa shape index (κ1) is 12.4. The molecule has 0 aliphatic carbocycles. The summed E-state index contributed by atoms with van der Waals surface area (Å²) in [6.45, 7) is 0. The molecule has 2 rings (SSSR count). The molecule has 86 valence electrons. The van der Waals surface area contributed by atoms with Crippen molar-refractivity contribution in [2.75, 3.05) is 0 Å². The molecule has 2 nitrogen and oxygen atoms in total. The van der Waals surface area contributed by atoms with E-state index in [9.17, 15) is 4.79 Å². The fourth-order valence-electron chi connectivity index (χ4n) is 1.40. The number of halogens is 3. The van der Waals surface area contributed by atoms with Gasteiger partial charge in [0.2, 0.25) is 0 Å². The highest BCUT2D eigenvalue weighted by atomic mass is 35.5. The molecule has 1 aromatic carbocycles. The molecule has 1 aromatic heterocycles. The predicted molar refractivity (Wildman–Crippen MR) is 70.1 cm³/mol. The highest BCUT2D eigenvalue weighted by Crippen LogP contribution is 2.27. The summed E-state index contributed by atoms with van der Waals surface area (Å²) in [5.41, 5.74) is 1.72. The molecular weight excluding hydrogens is 280 g/mol. The molecule has 0 saturated carbocycles. The number of rotatable bonds is 2. The van der Waals surface area contributed by atoms with Gasteiger partial charge in [0.05, 0.1) is 11.3 Å². The maximum absolute atomic E-state index is 10.6. The Labute approximate surface area is 113 Å². The average Bonchev–Trinajstić information content (AvgIpc) is 2.27. The van der Waals surface area contributed by atoms with E-state index in [4.69, 9.17) is 34.8 Å². The first-order valence-corrected chi connectivity index (χ1v) is 5.82. The Kier molecular flexibility index (Phi) is 3.67. The van der Waals surface area contributed by atoms with Crippen molar-refractivity contribution in [2.45, 2.75) is 0 Å². The van der Waals surface area contributed by atoms with Gasteiger partial charge in [-0.3, -0.25) is 4.79 Å². The van der Waals surface area contributed by atoms with Crippen molar-refractivity contribution >= 4 is 41.1 Å². The number of aromatic nitrogens is 1. The van der Waals surface area contributed by atoms with E-state index in [1.807, 2.05) is 0 Å². The van der Waals surface area contributed by atoms with Crippen LogP contribution in [0.1, 0.15) is 10.4 Å². The average molecular weight is 287 g/mol. The standard InChI is InChI=1S/C12H6Cl3NO/c13-9-3-8(4-10(14)5-9)11-2-1-7(6-17)12(15)16-11/h1-6H. The number of hydrogen-bond donors (Lipinski definition) is 0. The molecule has 0 aliphatic rings. The molecule has 0 aliphatic heterocycles. The van der Waals surface area contributed by atoms with Crippen LogP contribution in [-0.2, 0) is 0 Å². The van der Waals surface area contributed by atoms with Crippen molar-refractivity contribution < 1.29 is 4.79 Å². The molecule has 0 atom stereocenters. The molecule has 1 heterocycles. The quantitative estimate of drug-likeness (QED) is 0.600. The normalized spacial score (nSPS) is 10.3. The molecule has 17 heavy (non-hydrogen) atoms. The van der Waals surface area contributed by atoms with Crippen LogP contribution in [0.4, 0.5) is 0 Å². The Hall–Kier alpha value is -1.09. The second kappa shape index (κ2) is 5.05. The summed E-state index contributed by atoms with van der Waals surface area (Å²) in [5.74, 6) is 0. The number of hydrogen-bond acceptors (Lipinski definition) is 2. The summed E-state index contributed by atoms with van der Waals surface area (Å²) in [4.78, 5) is 14.7. The van der Waals surface area contributed by atoms with Crippen LogP contribution in [-0.4, -0.2) is 11.3 Å². The number of carbonyl (C=O) groups is 1. The van der Waals surface area contributed by atoms with Gasteiger partial charge in [0.1, 0.15) is 5.15 Å². The zero-order chi connectivity index (χ0) is 12.4. The molecule has 0 fully saturated rings. The van der Waals surface area contributed by atoms with Crippen molar-refractivity contribution in [1.29, 1.82) is 0 Å². The Morgan fingerprint density at radius 3 is 2.18 bits per heavy atom. The number of carbonyl (C=O) groups excluding carboxylic acids is 1. The molecule has 0 saturated heterocycles. The molecule has 5 heteroatoms. The van der Waals surface area contributed by atoms with Crippen LogP contribution in [0.3, 0.4) is 0 Å². The van der Waals surface area contributed by atoms with Crippen LogP contribution in [0.25, 0.3) is 11.3 Å². The van der Waals surface area contributed by atoms with Gasteiger partial charge in [-0.1, -0.05) is 34.8 Å². The van der Waals surface area contributed by atoms with Gasteiger partial charge in [0, 0.05) is 15.6 Å². The third kappa shape index (κ3) is 2.78. The summed E-state index contributed by atoms with van der Waals surface area (Å²) < 4.78 is 0. The van der Waals surface area contributed by atoms with Crippen molar-refractivity contribution in [2.24, 2.45) is 0 Å². The monoisotopic (exact) mass is 285 g/mol. The molecule has 0 radical (unpaired) electrons. The Balaban J connectivity index is 2.53. The van der Waals surface area contributed by atoms with Crippen LogP contribution < -0.4 is 0 Å². The fraction of sp³-hybridized carbons (Fsp3) is 0. The summed E-state index contributed by atoms with van der Waals surface area (Å²) in [7, 11) is 0. The van der Waals surface area contributed by atoms with Crippen LogP contribution in [0.15, 0.2) is 30.3 Å². The molecule has 0 amide bonds. The number of benzene rings is 1. The lowest BCUT2D eigenvalue weighted by molar-refractivity contribution is 0.112. The third-order valence-electron chi connectivity index (χ3n) is 2.16. The van der Waals surface area contributed by atoms with Crippen LogP contribution in [0, 0.1) is 0 Å². The first-order valence-electron chi connectivity index (χ1n) is 4.68. The number of nitrogens with zero attached hydrogens (tertiary/aromatic N) is 1. The minimum Gasteiger partial charge on any atom is -0.298 e. The van der Waals surface area contributed by atoms with E-state index in [0.29, 0.717) is 27.6 Å². The van der Waals surface area contributed by atoms with Crippen molar-refractivity contribution in [3.8, 4) is 11.3 Å². The van der Waals surface area contributed by atoms with Gasteiger partial charge in [-0.25, -0.2) is 4.98 Å². The zero-order valence-corrected chi connectivity index (χ0v) is 10.7. The van der Waals surface area contributed by atoms with E-state index in [-0.39, 0.29) is 5.15 Å². The van der Waals surface area contributed by atoms with Crippen molar-refractivity contribution in [3.05, 3.63) is 51.1 Å². The van der Waals surface area contributed by atoms with E-state index in [0.717, 1.165) is 5.56 Å². The van der Waals surface area contributed by atoms with Gasteiger partial charge in [0.15, 0.2) is 6.29 Å². The van der Waals surface area contributed by atoms with E-state index >= 15 is 0 Å². The highest BCUT2D eigenvalue weighted by Gasteiger charge is 2.06. The summed E-state index contributed by atoms with van der Waals surface area (Å²) >= 11 is 17.6. The first-order chi connectivity index (χ1) is 8.10. The highest BCUT2D eigenvalue weighted by molar-refractivity contribution is 6.35. The van der Waals surface area contributed by atoms with E-state index in [1.165, 1.54) is 0 Å². The Morgan fingerprint density at radius 2 is 1.65 bits per heavy atom. The van der Waals surface area contributed by atoms with E-state index < -0.39 is 0 Å². The molecule has 0 N–H and O–H groups in total.